The second-order valence-electron chi connectivity index (χ2n) is 6.08. The van der Waals surface area contributed by atoms with Crippen LogP contribution in [-0.4, -0.2) is 31.7 Å². The molecule has 0 fully saturated rings. The first-order valence-electron chi connectivity index (χ1n) is 8.11. The molecule has 0 saturated heterocycles. The van der Waals surface area contributed by atoms with Crippen LogP contribution in [0.1, 0.15) is 31.7 Å². The molecule has 2 heterocycles. The van der Waals surface area contributed by atoms with Crippen LogP contribution in [-0.2, 0) is 19.4 Å². The van der Waals surface area contributed by atoms with E-state index in [0.29, 0.717) is 23.4 Å². The zero-order valence-corrected chi connectivity index (χ0v) is 15.1. The number of hydrogen-bond acceptors (Lipinski definition) is 7. The van der Waals surface area contributed by atoms with E-state index < -0.39 is 26.6 Å². The fraction of sp³-hybridized carbons (Fsp3) is 0.353. The van der Waals surface area contributed by atoms with Gasteiger partial charge in [0.1, 0.15) is 0 Å². The van der Waals surface area contributed by atoms with Crippen LogP contribution < -0.4 is 5.32 Å². The molecule has 1 aromatic carbocycles. The van der Waals surface area contributed by atoms with Gasteiger partial charge in [-0.05, 0) is 19.4 Å². The normalized spacial score (nSPS) is 21.2. The number of ether oxygens (including phenoxy) is 1. The minimum absolute atomic E-state index is 0.0561. The summed E-state index contributed by atoms with van der Waals surface area (Å²) in [5, 5.41) is 14.1. The number of rotatable bonds is 4. The number of nitro groups is 1. The van der Waals surface area contributed by atoms with Gasteiger partial charge in [0.05, 0.1) is 33.7 Å². The zero-order chi connectivity index (χ0) is 19.1. The molecule has 0 radical (unpaired) electrons. The Balaban J connectivity index is 2.22. The molecule has 9 heteroatoms. The molecule has 2 aliphatic rings. The first kappa shape index (κ1) is 18.1. The van der Waals surface area contributed by atoms with Crippen molar-refractivity contribution in [2.24, 2.45) is 0 Å². The lowest BCUT2D eigenvalue weighted by atomic mass is 9.86. The van der Waals surface area contributed by atoms with E-state index >= 15 is 0 Å². The SMILES string of the molecule is CCOC(=O)C1=C(C)NC2=C(C1c1cccc([N+](=O)[O-])c1)S(=O)(=O)CC2. The molecule has 0 bridgehead atoms. The zero-order valence-electron chi connectivity index (χ0n) is 14.3. The predicted molar refractivity (Wildman–Crippen MR) is 93.7 cm³/mol. The molecule has 0 aliphatic carbocycles. The highest BCUT2D eigenvalue weighted by Crippen LogP contribution is 2.45. The number of dihydropyridines is 1. The fourth-order valence-electron chi connectivity index (χ4n) is 3.39. The Hall–Kier alpha value is -2.68. The van der Waals surface area contributed by atoms with Gasteiger partial charge in [-0.2, -0.15) is 0 Å². The van der Waals surface area contributed by atoms with Gasteiger partial charge >= 0.3 is 5.97 Å². The molecule has 1 aromatic rings. The third-order valence-corrected chi connectivity index (χ3v) is 6.35. The summed E-state index contributed by atoms with van der Waals surface area (Å²) in [7, 11) is -3.58. The molecule has 0 aromatic heterocycles. The number of hydrogen-bond donors (Lipinski definition) is 1. The van der Waals surface area contributed by atoms with Gasteiger partial charge in [0.15, 0.2) is 9.84 Å². The molecular weight excluding hydrogens is 360 g/mol. The van der Waals surface area contributed by atoms with Crippen LogP contribution in [0, 0.1) is 10.1 Å². The van der Waals surface area contributed by atoms with Crippen LogP contribution in [0.2, 0.25) is 0 Å². The Bertz CT molecular complexity index is 961. The highest BCUT2D eigenvalue weighted by atomic mass is 32.2. The number of carbonyl (C=O) groups excluding carboxylic acids is 1. The summed E-state index contributed by atoms with van der Waals surface area (Å²) in [4.78, 5) is 23.2. The van der Waals surface area contributed by atoms with Gasteiger partial charge in [-0.15, -0.1) is 0 Å². The summed E-state index contributed by atoms with van der Waals surface area (Å²) in [6.07, 6.45) is 0.316. The molecule has 138 valence electrons. The van der Waals surface area contributed by atoms with Crippen molar-refractivity contribution in [1.29, 1.82) is 0 Å². The first-order chi connectivity index (χ1) is 12.3. The number of esters is 1. The predicted octanol–water partition coefficient (Wildman–Crippen LogP) is 2.15. The summed E-state index contributed by atoms with van der Waals surface area (Å²) in [5.74, 6) is -1.61. The maximum atomic E-state index is 12.6. The summed E-state index contributed by atoms with van der Waals surface area (Å²) < 4.78 is 30.4. The van der Waals surface area contributed by atoms with E-state index in [0.717, 1.165) is 0 Å². The van der Waals surface area contributed by atoms with Gasteiger partial charge in [0, 0.05) is 29.9 Å². The molecular formula is C17H18N2O6S. The summed E-state index contributed by atoms with van der Waals surface area (Å²) in [6, 6.07) is 5.70. The van der Waals surface area contributed by atoms with Gasteiger partial charge in [0.25, 0.3) is 5.69 Å². The minimum atomic E-state index is -3.58. The van der Waals surface area contributed by atoms with Gasteiger partial charge in [-0.1, -0.05) is 12.1 Å². The van der Waals surface area contributed by atoms with Crippen molar-refractivity contribution >= 4 is 21.5 Å². The monoisotopic (exact) mass is 378 g/mol. The molecule has 1 N–H and O–H groups in total. The quantitative estimate of drug-likeness (QED) is 0.485. The molecule has 8 nitrogen and oxygen atoms in total. The number of non-ortho nitro benzene ring substituents is 1. The van der Waals surface area contributed by atoms with Gasteiger partial charge in [-0.3, -0.25) is 10.1 Å². The number of carbonyl (C=O) groups is 1. The van der Waals surface area contributed by atoms with Crippen molar-refractivity contribution < 1.29 is 22.9 Å². The Kier molecular flexibility index (Phi) is 4.57. The van der Waals surface area contributed by atoms with Crippen molar-refractivity contribution in [2.45, 2.75) is 26.2 Å². The van der Waals surface area contributed by atoms with Gasteiger partial charge < -0.3 is 10.1 Å². The fourth-order valence-corrected chi connectivity index (χ4v) is 5.23. The van der Waals surface area contributed by atoms with Gasteiger partial charge in [-0.25, -0.2) is 13.2 Å². The molecule has 1 unspecified atom stereocenters. The molecule has 0 saturated carbocycles. The van der Waals surface area contributed by atoms with Crippen LogP contribution in [0.25, 0.3) is 0 Å². The summed E-state index contributed by atoms with van der Waals surface area (Å²) in [5.41, 5.74) is 1.40. The maximum Gasteiger partial charge on any atom is 0.336 e. The number of nitrogens with one attached hydrogen (secondary N) is 1. The second kappa shape index (κ2) is 6.56. The number of benzene rings is 1. The average molecular weight is 378 g/mol. The molecule has 1 atom stereocenters. The number of sulfone groups is 1. The largest absolute Gasteiger partial charge is 0.463 e. The third kappa shape index (κ3) is 2.98. The van der Waals surface area contributed by atoms with Crippen LogP contribution in [0.3, 0.4) is 0 Å². The third-order valence-electron chi connectivity index (χ3n) is 4.46. The van der Waals surface area contributed by atoms with E-state index in [9.17, 15) is 23.3 Å². The number of allylic oxidation sites excluding steroid dienone is 3. The molecule has 2 aliphatic heterocycles. The highest BCUT2D eigenvalue weighted by Gasteiger charge is 2.44. The maximum absolute atomic E-state index is 12.6. The van der Waals surface area contributed by atoms with Crippen molar-refractivity contribution in [2.75, 3.05) is 12.4 Å². The topological polar surface area (TPSA) is 116 Å². The van der Waals surface area contributed by atoms with Crippen LogP contribution in [0.5, 0.6) is 0 Å². The lowest BCUT2D eigenvalue weighted by Gasteiger charge is -2.28. The van der Waals surface area contributed by atoms with Crippen molar-refractivity contribution in [3.63, 3.8) is 0 Å². The molecule has 3 rings (SSSR count). The highest BCUT2D eigenvalue weighted by molar-refractivity contribution is 7.95. The van der Waals surface area contributed by atoms with E-state index in [-0.39, 0.29) is 28.5 Å². The summed E-state index contributed by atoms with van der Waals surface area (Å²) >= 11 is 0. The standard InChI is InChI=1S/C17H18N2O6S/c1-3-25-17(20)14-10(2)18-13-7-8-26(23,24)16(13)15(14)11-5-4-6-12(9-11)19(21)22/h4-6,9,15,18H,3,7-8H2,1-2H3. The van der Waals surface area contributed by atoms with E-state index in [4.69, 9.17) is 4.74 Å². The van der Waals surface area contributed by atoms with Gasteiger partial charge in [0.2, 0.25) is 0 Å². The number of nitro benzene ring substituents is 1. The smallest absolute Gasteiger partial charge is 0.336 e. The van der Waals surface area contributed by atoms with Crippen LogP contribution in [0.4, 0.5) is 5.69 Å². The second-order valence-corrected chi connectivity index (χ2v) is 8.16. The Morgan fingerprint density at radius 2 is 2.15 bits per heavy atom. The Morgan fingerprint density at radius 3 is 2.81 bits per heavy atom. The Labute approximate surface area is 150 Å². The van der Waals surface area contributed by atoms with E-state index in [1.165, 1.54) is 18.2 Å². The lowest BCUT2D eigenvalue weighted by Crippen LogP contribution is -2.29. The Morgan fingerprint density at radius 1 is 1.42 bits per heavy atom. The van der Waals surface area contributed by atoms with E-state index in [1.807, 2.05) is 0 Å². The summed E-state index contributed by atoms with van der Waals surface area (Å²) in [6.45, 7) is 3.46. The van der Waals surface area contributed by atoms with Crippen LogP contribution >= 0.6 is 0 Å². The lowest BCUT2D eigenvalue weighted by molar-refractivity contribution is -0.384. The average Bonchev–Trinajstić information content (AvgIpc) is 2.88. The number of nitrogens with zero attached hydrogens (tertiary/aromatic N) is 1. The van der Waals surface area contributed by atoms with Crippen molar-refractivity contribution in [3.05, 3.63) is 61.8 Å². The molecule has 0 amide bonds. The van der Waals surface area contributed by atoms with E-state index in [1.54, 1.807) is 19.9 Å². The minimum Gasteiger partial charge on any atom is -0.463 e. The van der Waals surface area contributed by atoms with E-state index in [2.05, 4.69) is 5.32 Å². The molecule has 26 heavy (non-hydrogen) atoms. The van der Waals surface area contributed by atoms with Crippen molar-refractivity contribution in [1.82, 2.24) is 5.32 Å². The first-order valence-corrected chi connectivity index (χ1v) is 9.76. The molecule has 0 spiro atoms. The van der Waals surface area contributed by atoms with Crippen molar-refractivity contribution in [3.8, 4) is 0 Å². The van der Waals surface area contributed by atoms with Crippen LogP contribution in [0.15, 0.2) is 46.1 Å².